The molecule has 1 saturated heterocycles. The zero-order valence-corrected chi connectivity index (χ0v) is 12.5. The highest BCUT2D eigenvalue weighted by molar-refractivity contribution is 5.77. The molecule has 0 saturated carbocycles. The van der Waals surface area contributed by atoms with Crippen LogP contribution in [0.15, 0.2) is 24.3 Å². The molecule has 4 heteroatoms. The van der Waals surface area contributed by atoms with Gasteiger partial charge in [-0.1, -0.05) is 12.1 Å². The molecule has 1 aliphatic heterocycles. The van der Waals surface area contributed by atoms with E-state index in [0.717, 1.165) is 31.1 Å². The van der Waals surface area contributed by atoms with Gasteiger partial charge in [-0.2, -0.15) is 0 Å². The van der Waals surface area contributed by atoms with Crippen molar-refractivity contribution in [3.63, 3.8) is 0 Å². The molecule has 0 aromatic heterocycles. The lowest BCUT2D eigenvalue weighted by atomic mass is 9.90. The minimum atomic E-state index is 0.196. The molecule has 1 fully saturated rings. The number of carbonyl (C=O) groups is 1. The maximum absolute atomic E-state index is 11.7. The van der Waals surface area contributed by atoms with Gasteiger partial charge >= 0.3 is 0 Å². The number of rotatable bonds is 4. The van der Waals surface area contributed by atoms with Gasteiger partial charge in [0.2, 0.25) is 5.91 Å². The van der Waals surface area contributed by atoms with E-state index in [1.807, 2.05) is 26.2 Å². The van der Waals surface area contributed by atoms with Crippen LogP contribution in [0.2, 0.25) is 0 Å². The van der Waals surface area contributed by atoms with Crippen LogP contribution in [0, 0.1) is 5.92 Å². The summed E-state index contributed by atoms with van der Waals surface area (Å²) in [6.07, 6.45) is 3.46. The number of likely N-dealkylation sites (N-methyl/N-ethyl adjacent to an activating group) is 1. The molecular weight excluding hydrogens is 250 g/mol. The topological polar surface area (TPSA) is 49.6 Å². The van der Waals surface area contributed by atoms with Gasteiger partial charge in [-0.25, -0.2) is 0 Å². The molecule has 0 aliphatic carbocycles. The summed E-state index contributed by atoms with van der Waals surface area (Å²) >= 11 is 0. The van der Waals surface area contributed by atoms with E-state index >= 15 is 0 Å². The molecule has 1 aromatic carbocycles. The zero-order chi connectivity index (χ0) is 14.5. The standard InChI is InChI=1S/C16H25N3O/c1-18(2)16(20)12-19-9-7-14(8-10-19)11-13-3-5-15(17)6-4-13/h3-6,14H,7-12,17H2,1-2H3. The second kappa shape index (κ2) is 6.75. The largest absolute Gasteiger partial charge is 0.399 e. The van der Waals surface area contributed by atoms with Gasteiger partial charge in [-0.05, 0) is 56.0 Å². The molecule has 1 aliphatic rings. The van der Waals surface area contributed by atoms with Gasteiger partial charge in [0.1, 0.15) is 0 Å². The fourth-order valence-corrected chi connectivity index (χ4v) is 2.67. The van der Waals surface area contributed by atoms with E-state index in [4.69, 9.17) is 5.73 Å². The van der Waals surface area contributed by atoms with Crippen LogP contribution in [0.5, 0.6) is 0 Å². The second-order valence-electron chi connectivity index (χ2n) is 5.95. The van der Waals surface area contributed by atoms with Crippen LogP contribution in [-0.2, 0) is 11.2 Å². The summed E-state index contributed by atoms with van der Waals surface area (Å²) in [4.78, 5) is 15.6. The smallest absolute Gasteiger partial charge is 0.236 e. The van der Waals surface area contributed by atoms with Crippen LogP contribution < -0.4 is 5.73 Å². The molecular formula is C16H25N3O. The summed E-state index contributed by atoms with van der Waals surface area (Å²) in [5, 5.41) is 0. The molecule has 110 valence electrons. The number of nitrogens with zero attached hydrogens (tertiary/aromatic N) is 2. The Morgan fingerprint density at radius 1 is 1.25 bits per heavy atom. The van der Waals surface area contributed by atoms with Crippen molar-refractivity contribution >= 4 is 11.6 Å². The predicted molar refractivity (Wildman–Crippen MR) is 82.4 cm³/mol. The number of nitrogen functional groups attached to an aromatic ring is 1. The van der Waals surface area contributed by atoms with Crippen molar-refractivity contribution in [3.8, 4) is 0 Å². The number of piperidine rings is 1. The minimum absolute atomic E-state index is 0.196. The average Bonchev–Trinajstić information content (AvgIpc) is 2.43. The number of likely N-dealkylation sites (tertiary alicyclic amines) is 1. The monoisotopic (exact) mass is 275 g/mol. The third-order valence-corrected chi connectivity index (χ3v) is 4.07. The van der Waals surface area contributed by atoms with Crippen molar-refractivity contribution in [2.75, 3.05) is 39.5 Å². The maximum atomic E-state index is 11.7. The Labute approximate surface area is 121 Å². The first kappa shape index (κ1) is 14.9. The zero-order valence-electron chi connectivity index (χ0n) is 12.5. The van der Waals surface area contributed by atoms with Gasteiger partial charge < -0.3 is 10.6 Å². The molecule has 1 amide bonds. The Bertz CT molecular complexity index is 434. The minimum Gasteiger partial charge on any atom is -0.399 e. The van der Waals surface area contributed by atoms with Crippen molar-refractivity contribution in [2.24, 2.45) is 5.92 Å². The van der Waals surface area contributed by atoms with Crippen molar-refractivity contribution < 1.29 is 4.79 Å². The van der Waals surface area contributed by atoms with E-state index < -0.39 is 0 Å². The molecule has 1 heterocycles. The highest BCUT2D eigenvalue weighted by Gasteiger charge is 2.21. The van der Waals surface area contributed by atoms with Gasteiger partial charge in [0.05, 0.1) is 6.54 Å². The summed E-state index contributed by atoms with van der Waals surface area (Å²) in [6, 6.07) is 8.19. The molecule has 4 nitrogen and oxygen atoms in total. The quantitative estimate of drug-likeness (QED) is 0.849. The highest BCUT2D eigenvalue weighted by Crippen LogP contribution is 2.22. The van der Waals surface area contributed by atoms with Gasteiger partial charge in [0.25, 0.3) is 0 Å². The van der Waals surface area contributed by atoms with Crippen LogP contribution in [0.25, 0.3) is 0 Å². The Morgan fingerprint density at radius 3 is 2.40 bits per heavy atom. The predicted octanol–water partition coefficient (Wildman–Crippen LogP) is 1.61. The molecule has 2 N–H and O–H groups in total. The van der Waals surface area contributed by atoms with Crippen molar-refractivity contribution in [1.29, 1.82) is 0 Å². The summed E-state index contributed by atoms with van der Waals surface area (Å²) in [7, 11) is 3.63. The number of amides is 1. The molecule has 2 rings (SSSR count). The molecule has 1 aromatic rings. The number of anilines is 1. The SMILES string of the molecule is CN(C)C(=O)CN1CCC(Cc2ccc(N)cc2)CC1. The van der Waals surface area contributed by atoms with Gasteiger partial charge in [0.15, 0.2) is 0 Å². The van der Waals surface area contributed by atoms with Crippen LogP contribution in [0.1, 0.15) is 18.4 Å². The van der Waals surface area contributed by atoms with E-state index in [-0.39, 0.29) is 5.91 Å². The Balaban J connectivity index is 1.77. The second-order valence-corrected chi connectivity index (χ2v) is 5.95. The normalized spacial score (nSPS) is 17.1. The Morgan fingerprint density at radius 2 is 1.85 bits per heavy atom. The molecule has 0 bridgehead atoms. The number of hydrogen-bond donors (Lipinski definition) is 1. The number of hydrogen-bond acceptors (Lipinski definition) is 3. The lowest BCUT2D eigenvalue weighted by molar-refractivity contribution is -0.130. The van der Waals surface area contributed by atoms with Gasteiger partial charge in [-0.15, -0.1) is 0 Å². The highest BCUT2D eigenvalue weighted by atomic mass is 16.2. The fourth-order valence-electron chi connectivity index (χ4n) is 2.67. The molecule has 0 atom stereocenters. The van der Waals surface area contributed by atoms with Crippen LogP contribution in [0.4, 0.5) is 5.69 Å². The van der Waals surface area contributed by atoms with E-state index in [9.17, 15) is 4.79 Å². The van der Waals surface area contributed by atoms with Gasteiger partial charge in [-0.3, -0.25) is 9.69 Å². The summed E-state index contributed by atoms with van der Waals surface area (Å²) < 4.78 is 0. The third-order valence-electron chi connectivity index (χ3n) is 4.07. The first-order chi connectivity index (χ1) is 9.54. The van der Waals surface area contributed by atoms with Crippen LogP contribution in [-0.4, -0.2) is 49.4 Å². The fraction of sp³-hybridized carbons (Fsp3) is 0.562. The maximum Gasteiger partial charge on any atom is 0.236 e. The van der Waals surface area contributed by atoms with E-state index in [1.165, 1.54) is 18.4 Å². The molecule has 0 radical (unpaired) electrons. The van der Waals surface area contributed by atoms with Crippen LogP contribution >= 0.6 is 0 Å². The first-order valence-electron chi connectivity index (χ1n) is 7.31. The van der Waals surface area contributed by atoms with Crippen LogP contribution in [0.3, 0.4) is 0 Å². The van der Waals surface area contributed by atoms with E-state index in [2.05, 4.69) is 17.0 Å². The average molecular weight is 275 g/mol. The molecule has 20 heavy (non-hydrogen) atoms. The third kappa shape index (κ3) is 4.23. The number of nitrogens with two attached hydrogens (primary N) is 1. The van der Waals surface area contributed by atoms with Crippen molar-refractivity contribution in [3.05, 3.63) is 29.8 Å². The summed E-state index contributed by atoms with van der Waals surface area (Å²) in [5.74, 6) is 0.923. The van der Waals surface area contributed by atoms with Gasteiger partial charge in [0, 0.05) is 19.8 Å². The Hall–Kier alpha value is -1.55. The van der Waals surface area contributed by atoms with E-state index in [1.54, 1.807) is 4.90 Å². The number of benzene rings is 1. The summed E-state index contributed by atoms with van der Waals surface area (Å²) in [6.45, 7) is 2.61. The van der Waals surface area contributed by atoms with E-state index in [0.29, 0.717) is 6.54 Å². The summed E-state index contributed by atoms with van der Waals surface area (Å²) in [5.41, 5.74) is 7.89. The number of carbonyl (C=O) groups excluding carboxylic acids is 1. The molecule has 0 unspecified atom stereocenters. The lowest BCUT2D eigenvalue weighted by Gasteiger charge is -2.32. The van der Waals surface area contributed by atoms with Crippen molar-refractivity contribution in [2.45, 2.75) is 19.3 Å². The van der Waals surface area contributed by atoms with Crippen molar-refractivity contribution in [1.82, 2.24) is 9.80 Å². The lowest BCUT2D eigenvalue weighted by Crippen LogP contribution is -2.41. The molecule has 0 spiro atoms. The first-order valence-corrected chi connectivity index (χ1v) is 7.31. The Kier molecular flexibility index (Phi) is 5.01.